The third kappa shape index (κ3) is 6.24. The molecule has 5 heteroatoms. The number of hydrogen-bond acceptors (Lipinski definition) is 3. The van der Waals surface area contributed by atoms with Gasteiger partial charge in [-0.15, -0.1) is 0 Å². The Bertz CT molecular complexity index is 41.9. The van der Waals surface area contributed by atoms with Crippen LogP contribution in [-0.4, -0.2) is 23.1 Å². The number of hydrogen-bond donors (Lipinski definition) is 2. The summed E-state index contributed by atoms with van der Waals surface area (Å²) in [7, 11) is -2.35. The average molecular weight is 128 g/mol. The lowest BCUT2D eigenvalue weighted by Gasteiger charge is -1.97. The minimum absolute atomic E-state index is 0.237. The summed E-state index contributed by atoms with van der Waals surface area (Å²) in [4.78, 5) is 15.8. The van der Waals surface area contributed by atoms with E-state index >= 15 is 0 Å². The highest BCUT2D eigenvalue weighted by atomic mass is 31.2. The van der Waals surface area contributed by atoms with Gasteiger partial charge in [-0.25, -0.2) is 4.39 Å². The van der Waals surface area contributed by atoms with Crippen molar-refractivity contribution in [3.8, 4) is 0 Å². The van der Waals surface area contributed by atoms with Gasteiger partial charge in [0.1, 0.15) is 6.67 Å². The summed E-state index contributed by atoms with van der Waals surface area (Å²) < 4.78 is 15.0. The Morgan fingerprint density at radius 3 is 2.29 bits per heavy atom. The van der Waals surface area contributed by atoms with Gasteiger partial charge in [-0.05, 0) is 0 Å². The summed E-state index contributed by atoms with van der Waals surface area (Å²) in [5.74, 6) is 0. The van der Waals surface area contributed by atoms with Crippen LogP contribution < -0.4 is 0 Å². The highest BCUT2D eigenvalue weighted by molar-refractivity contribution is 7.39. The molecular formula is C2H6FO3P. The van der Waals surface area contributed by atoms with Crippen LogP contribution >= 0.6 is 8.60 Å². The molecule has 0 amide bonds. The molecule has 0 saturated heterocycles. The Morgan fingerprint density at radius 1 is 1.57 bits per heavy atom. The Labute approximate surface area is 41.7 Å². The number of halogens is 1. The molecule has 0 aromatic rings. The van der Waals surface area contributed by atoms with Gasteiger partial charge in [0.25, 0.3) is 0 Å². The zero-order chi connectivity index (χ0) is 5.70. The first-order chi connectivity index (χ1) is 3.27. The Balaban J connectivity index is 2.68. The molecule has 2 N–H and O–H groups in total. The second-order valence-corrected chi connectivity index (χ2v) is 1.54. The summed E-state index contributed by atoms with van der Waals surface area (Å²) in [5.41, 5.74) is 0. The monoisotopic (exact) mass is 128 g/mol. The van der Waals surface area contributed by atoms with Gasteiger partial charge in [0.05, 0.1) is 6.61 Å². The zero-order valence-corrected chi connectivity index (χ0v) is 4.44. The van der Waals surface area contributed by atoms with E-state index in [0.29, 0.717) is 0 Å². The van der Waals surface area contributed by atoms with Crippen LogP contribution in [0.2, 0.25) is 0 Å². The summed E-state index contributed by atoms with van der Waals surface area (Å²) in [6.07, 6.45) is 0. The summed E-state index contributed by atoms with van der Waals surface area (Å²) in [6.45, 7) is -0.918. The fourth-order valence-electron chi connectivity index (χ4n) is 0.116. The molecule has 0 radical (unpaired) electrons. The van der Waals surface area contributed by atoms with Crippen LogP contribution in [0.1, 0.15) is 0 Å². The van der Waals surface area contributed by atoms with Gasteiger partial charge in [0.15, 0.2) is 0 Å². The first-order valence-corrected chi connectivity index (χ1v) is 2.80. The molecule has 0 aromatic carbocycles. The van der Waals surface area contributed by atoms with Crippen molar-refractivity contribution >= 4 is 8.60 Å². The maximum absolute atomic E-state index is 11.0. The summed E-state index contributed by atoms with van der Waals surface area (Å²) >= 11 is 0. The van der Waals surface area contributed by atoms with Crippen LogP contribution in [0.4, 0.5) is 4.39 Å². The van der Waals surface area contributed by atoms with E-state index in [1.54, 1.807) is 0 Å². The number of rotatable bonds is 3. The minimum atomic E-state index is -2.35. The molecule has 0 atom stereocenters. The second kappa shape index (κ2) is 4.40. The molecule has 0 heterocycles. The third-order valence-electron chi connectivity index (χ3n) is 0.284. The first-order valence-electron chi connectivity index (χ1n) is 1.64. The molecule has 0 rings (SSSR count). The Hall–Kier alpha value is 0.240. The van der Waals surface area contributed by atoms with E-state index in [0.717, 1.165) is 0 Å². The Kier molecular flexibility index (Phi) is 4.55. The summed E-state index contributed by atoms with van der Waals surface area (Å²) in [6, 6.07) is 0. The first kappa shape index (κ1) is 7.24. The van der Waals surface area contributed by atoms with Gasteiger partial charge >= 0.3 is 8.60 Å². The molecule has 0 saturated carbocycles. The van der Waals surface area contributed by atoms with E-state index in [-0.39, 0.29) is 6.61 Å². The fraction of sp³-hybridized carbons (Fsp3) is 1.00. The molecule has 0 aromatic heterocycles. The van der Waals surface area contributed by atoms with Crippen molar-refractivity contribution in [2.75, 3.05) is 13.3 Å². The van der Waals surface area contributed by atoms with Crippen LogP contribution in [0.25, 0.3) is 0 Å². The zero-order valence-electron chi connectivity index (χ0n) is 3.54. The molecule has 0 aliphatic heterocycles. The highest BCUT2D eigenvalue weighted by Crippen LogP contribution is 2.23. The molecule has 0 spiro atoms. The average Bonchev–Trinajstić information content (AvgIpc) is 1.61. The van der Waals surface area contributed by atoms with Crippen molar-refractivity contribution in [2.24, 2.45) is 0 Å². The van der Waals surface area contributed by atoms with Crippen molar-refractivity contribution in [3.63, 3.8) is 0 Å². The fourth-order valence-corrected chi connectivity index (χ4v) is 0.348. The van der Waals surface area contributed by atoms with E-state index < -0.39 is 15.3 Å². The SMILES string of the molecule is OP(O)OCCF. The predicted octanol–water partition coefficient (Wildman–Crippen LogP) is 0.184. The van der Waals surface area contributed by atoms with Crippen LogP contribution in [0.15, 0.2) is 0 Å². The van der Waals surface area contributed by atoms with Crippen LogP contribution in [-0.2, 0) is 4.52 Å². The van der Waals surface area contributed by atoms with E-state index in [1.165, 1.54) is 0 Å². The van der Waals surface area contributed by atoms with Gasteiger partial charge in [-0.2, -0.15) is 0 Å². The largest absolute Gasteiger partial charge is 0.328 e. The van der Waals surface area contributed by atoms with Gasteiger partial charge in [-0.3, -0.25) is 0 Å². The smallest absolute Gasteiger partial charge is 0.327 e. The molecule has 0 bridgehead atoms. The lowest BCUT2D eigenvalue weighted by atomic mass is 10.9. The lowest BCUT2D eigenvalue weighted by Crippen LogP contribution is -1.88. The van der Waals surface area contributed by atoms with Crippen LogP contribution in [0.5, 0.6) is 0 Å². The van der Waals surface area contributed by atoms with Crippen LogP contribution in [0, 0.1) is 0 Å². The maximum atomic E-state index is 11.0. The molecule has 44 valence electrons. The molecule has 0 aliphatic rings. The predicted molar refractivity (Wildman–Crippen MR) is 23.3 cm³/mol. The van der Waals surface area contributed by atoms with E-state index in [1.807, 2.05) is 0 Å². The van der Waals surface area contributed by atoms with Crippen LogP contribution in [0.3, 0.4) is 0 Å². The van der Waals surface area contributed by atoms with Gasteiger partial charge in [-0.1, -0.05) is 0 Å². The number of alkyl halides is 1. The molecule has 0 fully saturated rings. The molecule has 7 heavy (non-hydrogen) atoms. The minimum Gasteiger partial charge on any atom is -0.328 e. The van der Waals surface area contributed by atoms with Crippen molar-refractivity contribution in [2.45, 2.75) is 0 Å². The van der Waals surface area contributed by atoms with Crippen molar-refractivity contribution < 1.29 is 18.7 Å². The molecular weight excluding hydrogens is 122 g/mol. The molecule has 0 unspecified atom stereocenters. The quantitative estimate of drug-likeness (QED) is 0.533. The van der Waals surface area contributed by atoms with Crippen molar-refractivity contribution in [1.82, 2.24) is 0 Å². The standard InChI is InChI=1S/C2H6FO3P/c3-1-2-6-7(4)5/h4-5H,1-2H2. The van der Waals surface area contributed by atoms with E-state index in [2.05, 4.69) is 4.52 Å². The topological polar surface area (TPSA) is 49.7 Å². The van der Waals surface area contributed by atoms with Gasteiger partial charge < -0.3 is 14.3 Å². The van der Waals surface area contributed by atoms with Crippen molar-refractivity contribution in [3.05, 3.63) is 0 Å². The lowest BCUT2D eigenvalue weighted by molar-refractivity contribution is 0.230. The van der Waals surface area contributed by atoms with Gasteiger partial charge in [0, 0.05) is 0 Å². The molecule has 0 aliphatic carbocycles. The summed E-state index contributed by atoms with van der Waals surface area (Å²) in [5, 5.41) is 0. The maximum Gasteiger partial charge on any atom is 0.327 e. The van der Waals surface area contributed by atoms with Gasteiger partial charge in [0.2, 0.25) is 0 Å². The third-order valence-corrected chi connectivity index (χ3v) is 0.697. The van der Waals surface area contributed by atoms with Crippen molar-refractivity contribution in [1.29, 1.82) is 0 Å². The Morgan fingerprint density at radius 2 is 2.14 bits per heavy atom. The second-order valence-electron chi connectivity index (χ2n) is 0.775. The highest BCUT2D eigenvalue weighted by Gasteiger charge is 1.94. The normalized spacial score (nSPS) is 10.3. The molecule has 3 nitrogen and oxygen atoms in total. The van der Waals surface area contributed by atoms with E-state index in [9.17, 15) is 4.39 Å². The van der Waals surface area contributed by atoms with E-state index in [4.69, 9.17) is 9.79 Å².